The Bertz CT molecular complexity index is 807. The third-order valence-corrected chi connectivity index (χ3v) is 3.64. The largest absolute Gasteiger partial charge is 0.390 e. The van der Waals surface area contributed by atoms with Gasteiger partial charge in [0.15, 0.2) is 5.65 Å². The Morgan fingerprint density at radius 1 is 1.29 bits per heavy atom. The first-order chi connectivity index (χ1) is 10.2. The van der Waals surface area contributed by atoms with Gasteiger partial charge in [-0.2, -0.15) is 10.1 Å². The van der Waals surface area contributed by atoms with Crippen molar-refractivity contribution in [1.82, 2.24) is 29.4 Å². The first-order valence-electron chi connectivity index (χ1n) is 6.62. The zero-order valence-electron chi connectivity index (χ0n) is 11.2. The van der Waals surface area contributed by atoms with Crippen molar-refractivity contribution in [2.24, 2.45) is 0 Å². The van der Waals surface area contributed by atoms with Crippen molar-refractivity contribution in [3.05, 3.63) is 29.8 Å². The maximum atomic E-state index is 9.16. The molecule has 3 aromatic heterocycles. The van der Waals surface area contributed by atoms with E-state index in [0.717, 1.165) is 24.6 Å². The lowest BCUT2D eigenvalue weighted by molar-refractivity contribution is 0.275. The second-order valence-corrected chi connectivity index (χ2v) is 4.96. The van der Waals surface area contributed by atoms with Gasteiger partial charge in [0.25, 0.3) is 0 Å². The van der Waals surface area contributed by atoms with Gasteiger partial charge in [0.1, 0.15) is 12.1 Å². The molecule has 108 valence electrons. The van der Waals surface area contributed by atoms with Gasteiger partial charge >= 0.3 is 0 Å². The normalized spacial score (nSPS) is 14.6. The average Bonchev–Trinajstić information content (AvgIpc) is 3.12. The summed E-state index contributed by atoms with van der Waals surface area (Å²) in [4.78, 5) is 6.52. The van der Waals surface area contributed by atoms with Gasteiger partial charge in [-0.1, -0.05) is 0 Å². The smallest absolute Gasteiger partial charge is 0.209 e. The molecule has 0 atom stereocenters. The second-order valence-electron chi connectivity index (χ2n) is 4.96. The van der Waals surface area contributed by atoms with E-state index in [0.29, 0.717) is 23.8 Å². The van der Waals surface area contributed by atoms with Crippen LogP contribution in [0.15, 0.2) is 18.5 Å². The third kappa shape index (κ3) is 1.89. The van der Waals surface area contributed by atoms with Gasteiger partial charge in [0.2, 0.25) is 5.95 Å². The van der Waals surface area contributed by atoms with Crippen LogP contribution in [0.5, 0.6) is 0 Å². The lowest BCUT2D eigenvalue weighted by Crippen LogP contribution is -2.34. The summed E-state index contributed by atoms with van der Waals surface area (Å²) in [6, 6.07) is 3.77. The summed E-state index contributed by atoms with van der Waals surface area (Å²) in [5.74, 6) is 1.13. The minimum Gasteiger partial charge on any atom is -0.390 e. The van der Waals surface area contributed by atoms with E-state index < -0.39 is 0 Å². The van der Waals surface area contributed by atoms with Crippen LogP contribution in [-0.4, -0.2) is 41.0 Å². The first kappa shape index (κ1) is 12.1. The number of nitrogen functional groups attached to an aromatic ring is 1. The molecule has 0 fully saturated rings. The molecule has 4 heterocycles. The van der Waals surface area contributed by atoms with Crippen molar-refractivity contribution in [3.63, 3.8) is 0 Å². The molecule has 0 aliphatic carbocycles. The van der Waals surface area contributed by atoms with Crippen molar-refractivity contribution in [2.75, 3.05) is 17.2 Å². The predicted octanol–water partition coefficient (Wildman–Crippen LogP) is -0.585. The fourth-order valence-corrected chi connectivity index (χ4v) is 2.60. The molecule has 0 bridgehead atoms. The van der Waals surface area contributed by atoms with E-state index >= 15 is 0 Å². The van der Waals surface area contributed by atoms with Crippen molar-refractivity contribution < 1.29 is 5.11 Å². The van der Waals surface area contributed by atoms with Crippen LogP contribution in [0.4, 0.5) is 11.8 Å². The van der Waals surface area contributed by atoms with Crippen LogP contribution < -0.4 is 10.6 Å². The topological polar surface area (TPSA) is 110 Å². The molecule has 9 nitrogen and oxygen atoms in total. The fourth-order valence-electron chi connectivity index (χ4n) is 2.60. The van der Waals surface area contributed by atoms with Crippen molar-refractivity contribution >= 4 is 17.4 Å². The van der Waals surface area contributed by atoms with Gasteiger partial charge in [-0.3, -0.25) is 9.08 Å². The summed E-state index contributed by atoms with van der Waals surface area (Å²) in [7, 11) is 0. The Kier molecular flexibility index (Phi) is 2.54. The van der Waals surface area contributed by atoms with Crippen LogP contribution in [0, 0.1) is 0 Å². The number of aromatic nitrogens is 6. The molecule has 0 radical (unpaired) electrons. The molecule has 9 heteroatoms. The number of hydrogen-bond acceptors (Lipinski definition) is 7. The number of aliphatic hydroxyl groups is 1. The van der Waals surface area contributed by atoms with Crippen LogP contribution in [0.25, 0.3) is 5.65 Å². The lowest BCUT2D eigenvalue weighted by Gasteiger charge is -2.28. The molecular formula is C12H14N8O. The Labute approximate surface area is 119 Å². The minimum absolute atomic E-state index is 0.0447. The summed E-state index contributed by atoms with van der Waals surface area (Å²) in [5.41, 5.74) is 8.33. The van der Waals surface area contributed by atoms with Gasteiger partial charge in [0.05, 0.1) is 31.1 Å². The maximum Gasteiger partial charge on any atom is 0.209 e. The Morgan fingerprint density at radius 3 is 3.05 bits per heavy atom. The van der Waals surface area contributed by atoms with E-state index in [1.54, 1.807) is 10.7 Å². The number of nitrogens with zero attached hydrogens (tertiary/aromatic N) is 7. The highest BCUT2D eigenvalue weighted by molar-refractivity contribution is 5.55. The summed E-state index contributed by atoms with van der Waals surface area (Å²) in [6.45, 7) is 2.14. The molecular weight excluding hydrogens is 272 g/mol. The van der Waals surface area contributed by atoms with E-state index in [4.69, 9.17) is 10.8 Å². The maximum absolute atomic E-state index is 9.16. The number of fused-ring (bicyclic) bond motifs is 2. The average molecular weight is 286 g/mol. The molecule has 0 saturated heterocycles. The Morgan fingerprint density at radius 2 is 2.19 bits per heavy atom. The number of rotatable bonds is 2. The van der Waals surface area contributed by atoms with Crippen LogP contribution in [0.2, 0.25) is 0 Å². The molecule has 3 aromatic rings. The Balaban J connectivity index is 1.69. The highest BCUT2D eigenvalue weighted by Crippen LogP contribution is 2.22. The van der Waals surface area contributed by atoms with E-state index in [1.807, 2.05) is 16.8 Å². The number of aliphatic hydroxyl groups excluding tert-OH is 1. The standard InChI is InChI=1S/C12H14N8O/c13-12-15-10(4-11-16-14-7-19(11)12)18-1-2-20-9(5-18)3-8(6-21)17-20/h3-4,7,21H,1-2,5-6H2,(H2,13,15). The van der Waals surface area contributed by atoms with Gasteiger partial charge in [0, 0.05) is 12.6 Å². The summed E-state index contributed by atoms with van der Waals surface area (Å²) in [6.07, 6.45) is 1.54. The van der Waals surface area contributed by atoms with Crippen LogP contribution in [0.3, 0.4) is 0 Å². The van der Waals surface area contributed by atoms with E-state index in [2.05, 4.69) is 25.2 Å². The van der Waals surface area contributed by atoms with E-state index in [9.17, 15) is 0 Å². The van der Waals surface area contributed by atoms with Crippen LogP contribution in [0.1, 0.15) is 11.4 Å². The number of nitrogens with two attached hydrogens (primary N) is 1. The molecule has 0 saturated carbocycles. The fraction of sp³-hybridized carbons (Fsp3) is 0.333. The molecule has 3 N–H and O–H groups in total. The molecule has 4 rings (SSSR count). The van der Waals surface area contributed by atoms with Gasteiger partial charge in [-0.05, 0) is 6.07 Å². The molecule has 1 aliphatic heterocycles. The Hall–Kier alpha value is -2.68. The monoisotopic (exact) mass is 286 g/mol. The predicted molar refractivity (Wildman–Crippen MR) is 74.4 cm³/mol. The molecule has 1 aliphatic rings. The van der Waals surface area contributed by atoms with Crippen LogP contribution >= 0.6 is 0 Å². The van der Waals surface area contributed by atoms with Crippen molar-refractivity contribution in [3.8, 4) is 0 Å². The van der Waals surface area contributed by atoms with Gasteiger partial charge in [-0.15, -0.1) is 10.2 Å². The highest BCUT2D eigenvalue weighted by Gasteiger charge is 2.20. The SMILES string of the molecule is Nc1nc(N2CCn3nc(CO)cc3C2)cc2nncn12. The molecule has 0 unspecified atom stereocenters. The summed E-state index contributed by atoms with van der Waals surface area (Å²) in [5, 5.41) is 21.3. The summed E-state index contributed by atoms with van der Waals surface area (Å²) >= 11 is 0. The number of hydrogen-bond donors (Lipinski definition) is 2. The van der Waals surface area contributed by atoms with E-state index in [1.165, 1.54) is 0 Å². The lowest BCUT2D eigenvalue weighted by atomic mass is 10.3. The number of anilines is 2. The zero-order valence-corrected chi connectivity index (χ0v) is 11.2. The van der Waals surface area contributed by atoms with Crippen molar-refractivity contribution in [2.45, 2.75) is 19.7 Å². The van der Waals surface area contributed by atoms with Gasteiger partial charge < -0.3 is 15.7 Å². The zero-order chi connectivity index (χ0) is 14.4. The van der Waals surface area contributed by atoms with Crippen molar-refractivity contribution in [1.29, 1.82) is 0 Å². The van der Waals surface area contributed by atoms with E-state index in [-0.39, 0.29) is 6.61 Å². The first-order valence-corrected chi connectivity index (χ1v) is 6.62. The molecule has 0 spiro atoms. The molecule has 0 aromatic carbocycles. The summed E-state index contributed by atoms with van der Waals surface area (Å²) < 4.78 is 3.56. The van der Waals surface area contributed by atoms with Crippen LogP contribution in [-0.2, 0) is 19.7 Å². The third-order valence-electron chi connectivity index (χ3n) is 3.64. The quantitative estimate of drug-likeness (QED) is 0.648. The highest BCUT2D eigenvalue weighted by atomic mass is 16.3. The molecule has 0 amide bonds. The second kappa shape index (κ2) is 4.42. The van der Waals surface area contributed by atoms with Gasteiger partial charge in [-0.25, -0.2) is 0 Å². The minimum atomic E-state index is -0.0447. The molecule has 21 heavy (non-hydrogen) atoms.